The number of rotatable bonds is 3. The van der Waals surface area contributed by atoms with Crippen LogP contribution in [0.15, 0.2) is 42.6 Å². The van der Waals surface area contributed by atoms with Gasteiger partial charge in [0.25, 0.3) is 0 Å². The minimum atomic E-state index is -5.72. The SMILES string of the molecule is C[N+]1([O-])C=CC=C(F)C1c1cc2cnn(CC(F)(F)C(F)(F)F)c2cn1. The van der Waals surface area contributed by atoms with Crippen molar-refractivity contribution >= 4 is 10.9 Å². The molecule has 26 heavy (non-hydrogen) atoms. The molecule has 2 aromatic rings. The fourth-order valence-corrected chi connectivity index (χ4v) is 2.68. The van der Waals surface area contributed by atoms with Gasteiger partial charge in [0.2, 0.25) is 0 Å². The third kappa shape index (κ3) is 3.07. The number of alkyl halides is 5. The van der Waals surface area contributed by atoms with Gasteiger partial charge in [0, 0.05) is 5.39 Å². The average Bonchev–Trinajstić information content (AvgIpc) is 2.87. The number of allylic oxidation sites excluding steroid dienone is 2. The van der Waals surface area contributed by atoms with Gasteiger partial charge in [-0.3, -0.25) is 9.67 Å². The van der Waals surface area contributed by atoms with Crippen LogP contribution in [0, 0.1) is 5.21 Å². The van der Waals surface area contributed by atoms with Crippen LogP contribution in [0.4, 0.5) is 26.3 Å². The molecule has 0 N–H and O–H groups in total. The molecule has 0 fully saturated rings. The highest BCUT2D eigenvalue weighted by Crippen LogP contribution is 2.38. The van der Waals surface area contributed by atoms with Crippen LogP contribution in [0.2, 0.25) is 0 Å². The maximum Gasteiger partial charge on any atom is 0.455 e. The largest absolute Gasteiger partial charge is 0.627 e. The van der Waals surface area contributed by atoms with Gasteiger partial charge in [-0.15, -0.1) is 0 Å². The molecular weight excluding hydrogens is 366 g/mol. The number of nitrogens with zero attached hydrogens (tertiary/aromatic N) is 4. The van der Waals surface area contributed by atoms with Crippen molar-refractivity contribution in [3.63, 3.8) is 0 Å². The molecule has 0 saturated carbocycles. The van der Waals surface area contributed by atoms with Crippen molar-refractivity contribution in [2.45, 2.75) is 24.7 Å². The second-order valence-electron chi connectivity index (χ2n) is 6.03. The number of likely N-dealkylation sites (N-methyl/N-ethyl adjacent to an activating group) is 1. The van der Waals surface area contributed by atoms with Gasteiger partial charge < -0.3 is 9.85 Å². The van der Waals surface area contributed by atoms with Gasteiger partial charge in [-0.25, -0.2) is 4.39 Å². The van der Waals surface area contributed by atoms with E-state index in [1.165, 1.54) is 25.4 Å². The molecule has 11 heteroatoms. The van der Waals surface area contributed by atoms with Crippen LogP contribution in [0.3, 0.4) is 0 Å². The van der Waals surface area contributed by atoms with Crippen molar-refractivity contribution in [1.29, 1.82) is 0 Å². The molecule has 2 unspecified atom stereocenters. The van der Waals surface area contributed by atoms with Crippen LogP contribution in [-0.2, 0) is 6.54 Å². The Morgan fingerprint density at radius 2 is 1.92 bits per heavy atom. The van der Waals surface area contributed by atoms with Gasteiger partial charge >= 0.3 is 12.1 Å². The summed E-state index contributed by atoms with van der Waals surface area (Å²) in [5.74, 6) is -5.72. The number of pyridine rings is 1. The lowest BCUT2D eigenvalue weighted by atomic mass is 10.1. The average molecular weight is 378 g/mol. The summed E-state index contributed by atoms with van der Waals surface area (Å²) in [5.41, 5.74) is -0.0799. The Labute approximate surface area is 143 Å². The summed E-state index contributed by atoms with van der Waals surface area (Å²) < 4.78 is 77.0. The van der Waals surface area contributed by atoms with Crippen molar-refractivity contribution in [2.75, 3.05) is 7.05 Å². The zero-order valence-electron chi connectivity index (χ0n) is 13.2. The molecule has 0 bridgehead atoms. The first kappa shape index (κ1) is 18.4. The molecule has 5 nitrogen and oxygen atoms in total. The lowest BCUT2D eigenvalue weighted by Gasteiger charge is -2.42. The predicted molar refractivity (Wildman–Crippen MR) is 79.2 cm³/mol. The number of quaternary nitrogens is 1. The first-order valence-corrected chi connectivity index (χ1v) is 7.30. The third-order valence-electron chi connectivity index (χ3n) is 4.00. The maximum atomic E-state index is 14.1. The number of fused-ring (bicyclic) bond motifs is 1. The van der Waals surface area contributed by atoms with Crippen LogP contribution in [-0.4, -0.2) is 38.6 Å². The van der Waals surface area contributed by atoms with Gasteiger partial charge in [0.05, 0.1) is 31.2 Å². The number of hydrogen-bond donors (Lipinski definition) is 0. The Morgan fingerprint density at radius 3 is 2.54 bits per heavy atom. The smallest absolute Gasteiger partial charge is 0.455 e. The molecule has 0 amide bonds. The highest BCUT2D eigenvalue weighted by Gasteiger charge is 2.57. The molecule has 2 aromatic heterocycles. The van der Waals surface area contributed by atoms with Crippen LogP contribution < -0.4 is 0 Å². The standard InChI is InChI=1S/C15H12F6N4O/c1-25(26)4-2-3-10(16)13(25)11-5-9-6-23-24(12(9)7-22-11)8-14(17,18)15(19,20)21/h2-7,13H,8H2,1H3. The third-order valence-corrected chi connectivity index (χ3v) is 4.00. The van der Waals surface area contributed by atoms with Crippen LogP contribution >= 0.6 is 0 Å². The Balaban J connectivity index is 1.98. The van der Waals surface area contributed by atoms with E-state index in [-0.39, 0.29) is 16.6 Å². The molecule has 1 aliphatic rings. The van der Waals surface area contributed by atoms with Gasteiger partial charge in [-0.05, 0) is 18.2 Å². The first-order chi connectivity index (χ1) is 11.9. The van der Waals surface area contributed by atoms with Crippen molar-refractivity contribution in [2.24, 2.45) is 0 Å². The molecule has 0 saturated heterocycles. The normalized spacial score (nSPS) is 24.2. The second kappa shape index (κ2) is 5.81. The molecule has 3 heterocycles. The summed E-state index contributed by atoms with van der Waals surface area (Å²) in [6, 6.07) is -0.0553. The highest BCUT2D eigenvalue weighted by molar-refractivity contribution is 5.78. The minimum absolute atomic E-state index is 0.00947. The van der Waals surface area contributed by atoms with Crippen molar-refractivity contribution < 1.29 is 31.0 Å². The van der Waals surface area contributed by atoms with E-state index in [4.69, 9.17) is 0 Å². The zero-order valence-corrected chi connectivity index (χ0v) is 13.2. The van der Waals surface area contributed by atoms with Gasteiger partial charge in [0.1, 0.15) is 12.2 Å². The van der Waals surface area contributed by atoms with Gasteiger partial charge in [0.15, 0.2) is 11.9 Å². The molecule has 2 atom stereocenters. The topological polar surface area (TPSA) is 53.8 Å². The molecule has 0 radical (unpaired) electrons. The Morgan fingerprint density at radius 1 is 1.23 bits per heavy atom. The Bertz CT molecular complexity index is 899. The molecule has 0 aromatic carbocycles. The van der Waals surface area contributed by atoms with E-state index in [9.17, 15) is 31.5 Å². The van der Waals surface area contributed by atoms with E-state index in [2.05, 4.69) is 10.1 Å². The fourth-order valence-electron chi connectivity index (χ4n) is 2.68. The van der Waals surface area contributed by atoms with E-state index < -0.39 is 35.2 Å². The summed E-state index contributed by atoms with van der Waals surface area (Å²) >= 11 is 0. The maximum absolute atomic E-state index is 14.1. The van der Waals surface area contributed by atoms with Crippen LogP contribution in [0.25, 0.3) is 10.9 Å². The quantitative estimate of drug-likeness (QED) is 0.461. The second-order valence-corrected chi connectivity index (χ2v) is 6.03. The van der Waals surface area contributed by atoms with Gasteiger partial charge in [-0.2, -0.15) is 27.1 Å². The van der Waals surface area contributed by atoms with E-state index in [0.29, 0.717) is 4.68 Å². The van der Waals surface area contributed by atoms with Gasteiger partial charge in [-0.1, -0.05) is 0 Å². The Hall–Kier alpha value is -2.40. The lowest BCUT2D eigenvalue weighted by molar-refractivity contribution is -0.838. The van der Waals surface area contributed by atoms with Crippen molar-refractivity contribution in [3.8, 4) is 0 Å². The summed E-state index contributed by atoms with van der Waals surface area (Å²) in [6.45, 7) is -1.71. The molecule has 0 spiro atoms. The number of hydrogen-bond acceptors (Lipinski definition) is 3. The first-order valence-electron chi connectivity index (χ1n) is 7.30. The van der Waals surface area contributed by atoms with E-state index in [0.717, 1.165) is 18.5 Å². The van der Waals surface area contributed by atoms with Crippen molar-refractivity contribution in [3.05, 3.63) is 53.5 Å². The number of aromatic nitrogens is 3. The minimum Gasteiger partial charge on any atom is -0.627 e. The Kier molecular flexibility index (Phi) is 4.11. The summed E-state index contributed by atoms with van der Waals surface area (Å²) in [5, 5.41) is 16.1. The molecular formula is C15H12F6N4O. The molecule has 0 aliphatic carbocycles. The van der Waals surface area contributed by atoms with E-state index in [1.54, 1.807) is 0 Å². The summed E-state index contributed by atoms with van der Waals surface area (Å²) in [6.07, 6.45) is -0.107. The van der Waals surface area contributed by atoms with E-state index >= 15 is 0 Å². The molecule has 1 aliphatic heterocycles. The molecule has 3 rings (SSSR count). The zero-order chi connectivity index (χ0) is 19.3. The summed E-state index contributed by atoms with van der Waals surface area (Å²) in [7, 11) is 1.20. The number of halogens is 6. The highest BCUT2D eigenvalue weighted by atomic mass is 19.4. The monoisotopic (exact) mass is 378 g/mol. The fraction of sp³-hybridized carbons (Fsp3) is 0.333. The van der Waals surface area contributed by atoms with Crippen LogP contribution in [0.1, 0.15) is 11.7 Å². The van der Waals surface area contributed by atoms with Crippen LogP contribution in [0.5, 0.6) is 0 Å². The molecule has 140 valence electrons. The van der Waals surface area contributed by atoms with Crippen molar-refractivity contribution in [1.82, 2.24) is 14.8 Å². The summed E-state index contributed by atoms with van der Waals surface area (Å²) in [4.78, 5) is 3.88. The number of hydroxylamine groups is 3. The van der Waals surface area contributed by atoms with E-state index in [1.807, 2.05) is 0 Å². The predicted octanol–water partition coefficient (Wildman–Crippen LogP) is 4.00. The lowest BCUT2D eigenvalue weighted by Crippen LogP contribution is -2.40.